The fourth-order valence-corrected chi connectivity index (χ4v) is 7.77. The number of hydrogen-bond donors (Lipinski definition) is 0. The van der Waals surface area contributed by atoms with Gasteiger partial charge in [0.05, 0.1) is 50.3 Å². The lowest BCUT2D eigenvalue weighted by Crippen LogP contribution is -2.65. The van der Waals surface area contributed by atoms with E-state index < -0.39 is 23.3 Å². The lowest BCUT2D eigenvalue weighted by atomic mass is 9.72. The smallest absolute Gasteiger partial charge is 0.190 e. The van der Waals surface area contributed by atoms with Crippen molar-refractivity contribution in [1.29, 1.82) is 0 Å². The fraction of sp³-hybridized carbons (Fsp3) is 0.538. The Morgan fingerprint density at radius 1 is 0.717 bits per heavy atom. The Labute approximate surface area is 274 Å². The van der Waals surface area contributed by atoms with Gasteiger partial charge in [0.2, 0.25) is 0 Å². The van der Waals surface area contributed by atoms with Gasteiger partial charge in [-0.2, -0.15) is 0 Å². The van der Waals surface area contributed by atoms with Crippen LogP contribution in [0.3, 0.4) is 0 Å². The van der Waals surface area contributed by atoms with Crippen LogP contribution in [0.2, 0.25) is 0 Å². The van der Waals surface area contributed by atoms with E-state index in [1.54, 1.807) is 0 Å². The molecule has 0 aliphatic carbocycles. The lowest BCUT2D eigenvalue weighted by Gasteiger charge is -2.54. The minimum absolute atomic E-state index is 0.0872. The van der Waals surface area contributed by atoms with Gasteiger partial charge in [0.15, 0.2) is 12.1 Å². The quantitative estimate of drug-likeness (QED) is 0.194. The highest BCUT2D eigenvalue weighted by molar-refractivity contribution is 5.16. The van der Waals surface area contributed by atoms with Crippen molar-refractivity contribution in [2.24, 2.45) is 11.8 Å². The summed E-state index contributed by atoms with van der Waals surface area (Å²) in [6, 6.07) is 30.8. The highest BCUT2D eigenvalue weighted by atomic mass is 16.8. The second-order valence-corrected chi connectivity index (χ2v) is 14.2. The molecule has 0 N–H and O–H groups in total. The molecule has 3 fully saturated rings. The van der Waals surface area contributed by atoms with Crippen LogP contribution in [0.25, 0.3) is 0 Å². The molecule has 0 unspecified atom stereocenters. The molecule has 7 heteroatoms. The Hall–Kier alpha value is -2.62. The summed E-state index contributed by atoms with van der Waals surface area (Å²) < 4.78 is 46.3. The molecule has 248 valence electrons. The van der Waals surface area contributed by atoms with Gasteiger partial charge in [0, 0.05) is 5.92 Å². The van der Waals surface area contributed by atoms with Crippen molar-refractivity contribution in [1.82, 2.24) is 0 Å². The van der Waals surface area contributed by atoms with Crippen LogP contribution in [-0.4, -0.2) is 54.3 Å². The normalized spacial score (nSPS) is 32.0. The topological polar surface area (TPSA) is 64.6 Å². The second-order valence-electron chi connectivity index (χ2n) is 14.2. The minimum atomic E-state index is -0.743. The molecule has 0 bridgehead atoms. The van der Waals surface area contributed by atoms with Gasteiger partial charge < -0.3 is 33.2 Å². The summed E-state index contributed by atoms with van der Waals surface area (Å²) in [5, 5.41) is 0. The predicted molar refractivity (Wildman–Crippen MR) is 176 cm³/mol. The van der Waals surface area contributed by atoms with Gasteiger partial charge in [-0.1, -0.05) is 105 Å². The van der Waals surface area contributed by atoms with Crippen LogP contribution in [0.1, 0.15) is 64.7 Å². The van der Waals surface area contributed by atoms with Crippen LogP contribution in [-0.2, 0) is 53.0 Å². The van der Waals surface area contributed by atoms with Crippen LogP contribution in [0.4, 0.5) is 0 Å². The number of ether oxygens (including phenoxy) is 7. The van der Waals surface area contributed by atoms with Crippen LogP contribution >= 0.6 is 0 Å². The molecule has 7 nitrogen and oxygen atoms in total. The molecule has 46 heavy (non-hydrogen) atoms. The van der Waals surface area contributed by atoms with Gasteiger partial charge in [-0.25, -0.2) is 0 Å². The molecule has 3 saturated heterocycles. The average Bonchev–Trinajstić information content (AvgIpc) is 3.49. The maximum Gasteiger partial charge on any atom is 0.190 e. The summed E-state index contributed by atoms with van der Waals surface area (Å²) >= 11 is 0. The van der Waals surface area contributed by atoms with Crippen LogP contribution in [0.5, 0.6) is 0 Å². The first kappa shape index (κ1) is 33.3. The summed E-state index contributed by atoms with van der Waals surface area (Å²) in [4.78, 5) is 0. The first-order valence-corrected chi connectivity index (χ1v) is 16.7. The summed E-state index contributed by atoms with van der Waals surface area (Å²) in [7, 11) is 0. The van der Waals surface area contributed by atoms with E-state index in [4.69, 9.17) is 33.2 Å². The van der Waals surface area contributed by atoms with Crippen molar-refractivity contribution in [3.63, 3.8) is 0 Å². The molecule has 3 aliphatic rings. The van der Waals surface area contributed by atoms with Crippen molar-refractivity contribution in [3.05, 3.63) is 108 Å². The van der Waals surface area contributed by atoms with Crippen molar-refractivity contribution in [2.45, 2.75) is 115 Å². The molecule has 6 rings (SSSR count). The van der Waals surface area contributed by atoms with Crippen molar-refractivity contribution < 1.29 is 33.2 Å². The molecule has 0 aromatic heterocycles. The molecule has 9 atom stereocenters. The maximum atomic E-state index is 7.27. The van der Waals surface area contributed by atoms with Gasteiger partial charge in [-0.05, 0) is 56.7 Å². The molecular weight excluding hydrogens is 580 g/mol. The molecule has 3 aromatic rings. The van der Waals surface area contributed by atoms with Crippen LogP contribution < -0.4 is 0 Å². The van der Waals surface area contributed by atoms with E-state index in [0.29, 0.717) is 26.4 Å². The van der Waals surface area contributed by atoms with Crippen molar-refractivity contribution >= 4 is 0 Å². The third-order valence-corrected chi connectivity index (χ3v) is 9.80. The number of benzene rings is 3. The van der Waals surface area contributed by atoms with Crippen LogP contribution in [0.15, 0.2) is 91.0 Å². The zero-order chi connectivity index (χ0) is 32.4. The molecule has 0 spiro atoms. The van der Waals surface area contributed by atoms with E-state index in [-0.39, 0.29) is 36.3 Å². The van der Waals surface area contributed by atoms with Gasteiger partial charge in [0.25, 0.3) is 0 Å². The largest absolute Gasteiger partial charge is 0.374 e. The number of rotatable bonds is 13. The van der Waals surface area contributed by atoms with Gasteiger partial charge >= 0.3 is 0 Å². The third kappa shape index (κ3) is 7.26. The van der Waals surface area contributed by atoms with Crippen LogP contribution in [0, 0.1) is 11.8 Å². The molecule has 0 amide bonds. The van der Waals surface area contributed by atoms with Gasteiger partial charge in [-0.3, -0.25) is 0 Å². The average molecular weight is 631 g/mol. The summed E-state index contributed by atoms with van der Waals surface area (Å²) in [6.07, 6.45) is -0.817. The van der Waals surface area contributed by atoms with E-state index in [1.165, 1.54) is 0 Å². The van der Waals surface area contributed by atoms with Gasteiger partial charge in [-0.15, -0.1) is 0 Å². The highest BCUT2D eigenvalue weighted by Crippen LogP contribution is 2.54. The monoisotopic (exact) mass is 630 g/mol. The fourth-order valence-electron chi connectivity index (χ4n) is 7.77. The highest BCUT2D eigenvalue weighted by Gasteiger charge is 2.68. The number of fused-ring (bicyclic) bond motifs is 3. The lowest BCUT2D eigenvalue weighted by molar-refractivity contribution is -0.308. The minimum Gasteiger partial charge on any atom is -0.374 e. The molecule has 3 heterocycles. The predicted octanol–water partition coefficient (Wildman–Crippen LogP) is 7.46. The zero-order valence-electron chi connectivity index (χ0n) is 28.1. The van der Waals surface area contributed by atoms with E-state index in [2.05, 4.69) is 64.1 Å². The first-order valence-electron chi connectivity index (χ1n) is 16.7. The molecule has 0 saturated carbocycles. The second kappa shape index (κ2) is 13.9. The van der Waals surface area contributed by atoms with Crippen molar-refractivity contribution in [3.8, 4) is 0 Å². The molecule has 3 aromatic carbocycles. The third-order valence-electron chi connectivity index (χ3n) is 9.80. The Kier molecular flexibility index (Phi) is 10.0. The Bertz CT molecular complexity index is 1390. The maximum absolute atomic E-state index is 7.27. The van der Waals surface area contributed by atoms with Crippen molar-refractivity contribution in [2.75, 3.05) is 6.61 Å². The van der Waals surface area contributed by atoms with Gasteiger partial charge in [0.1, 0.15) is 11.7 Å². The SMILES string of the molecule is C[C@@H]([C@@H](OCc1ccccc1)[C@@]1(C)C[C@@H](C)[C@H]2O[C@@H]3OC(C)(C)O[C@@H]3[C@@]2(C)O1)[C@@H](COCc1ccccc1)OCc1ccccc1. The zero-order valence-corrected chi connectivity index (χ0v) is 28.1. The van der Waals surface area contributed by atoms with E-state index in [9.17, 15) is 0 Å². The number of hydrogen-bond acceptors (Lipinski definition) is 7. The summed E-state index contributed by atoms with van der Waals surface area (Å²) in [5.74, 6) is -0.652. The summed E-state index contributed by atoms with van der Waals surface area (Å²) in [5.41, 5.74) is 1.95. The Morgan fingerprint density at radius 3 is 1.85 bits per heavy atom. The van der Waals surface area contributed by atoms with E-state index >= 15 is 0 Å². The first-order chi connectivity index (χ1) is 22.1. The summed E-state index contributed by atoms with van der Waals surface area (Å²) in [6.45, 7) is 14.4. The molecule has 3 aliphatic heterocycles. The standard InChI is InChI=1S/C39H50O7/c1-27-22-38(5,46-39(6)33(27)43-36-35(39)44-37(3,4)45-36)34(42-25-31-20-14-9-15-21-31)28(2)32(41-24-30-18-12-8-13-19-30)26-40-23-29-16-10-7-11-17-29/h7-21,27-28,32-36H,22-26H2,1-6H3/t27-,28-,32-,33-,34-,35+,36-,38-,39+/m1/s1. The molecule has 0 radical (unpaired) electrons. The van der Waals surface area contributed by atoms with E-state index in [1.807, 2.05) is 68.4 Å². The molecular formula is C39H50O7. The Balaban J connectivity index is 1.28. The van der Waals surface area contributed by atoms with E-state index in [0.717, 1.165) is 23.1 Å². The Morgan fingerprint density at radius 2 is 1.26 bits per heavy atom.